The van der Waals surface area contributed by atoms with E-state index in [-0.39, 0.29) is 11.8 Å². The second-order valence-electron chi connectivity index (χ2n) is 6.41. The van der Waals surface area contributed by atoms with Crippen LogP contribution in [0.3, 0.4) is 0 Å². The van der Waals surface area contributed by atoms with Gasteiger partial charge in [0.2, 0.25) is 0 Å². The van der Waals surface area contributed by atoms with Crippen LogP contribution >= 0.6 is 0 Å². The molecule has 0 aromatic heterocycles. The van der Waals surface area contributed by atoms with Crippen molar-refractivity contribution in [2.75, 3.05) is 33.3 Å². The number of rotatable bonds is 3. The molecular formula is C21H21FN2O7. The number of carboxylic acid groups (broad SMARTS) is 2. The monoisotopic (exact) mass is 432 g/mol. The predicted octanol–water partition coefficient (Wildman–Crippen LogP) is 1.59. The van der Waals surface area contributed by atoms with E-state index in [0.717, 1.165) is 0 Å². The number of amides is 2. The number of carboxylic acids is 2. The van der Waals surface area contributed by atoms with Crippen molar-refractivity contribution in [1.82, 2.24) is 9.80 Å². The number of carbonyl (C=O) groups is 4. The van der Waals surface area contributed by atoms with Crippen LogP contribution in [-0.4, -0.2) is 77.1 Å². The first kappa shape index (κ1) is 23.3. The minimum atomic E-state index is -1.82. The molecule has 1 saturated heterocycles. The summed E-state index contributed by atoms with van der Waals surface area (Å²) in [6.07, 6.45) is 0. The van der Waals surface area contributed by atoms with Gasteiger partial charge < -0.3 is 24.7 Å². The smallest absolute Gasteiger partial charge is 0.414 e. The molecule has 0 bridgehead atoms. The van der Waals surface area contributed by atoms with Crippen LogP contribution in [0.15, 0.2) is 48.5 Å². The third kappa shape index (κ3) is 6.26. The van der Waals surface area contributed by atoms with Crippen molar-refractivity contribution in [3.05, 3.63) is 65.5 Å². The molecule has 0 unspecified atom stereocenters. The third-order valence-electron chi connectivity index (χ3n) is 4.45. The lowest BCUT2D eigenvalue weighted by Gasteiger charge is -2.35. The van der Waals surface area contributed by atoms with Crippen LogP contribution in [0.4, 0.5) is 4.39 Å². The molecule has 1 aliphatic rings. The number of hydrogen-bond donors (Lipinski definition) is 2. The van der Waals surface area contributed by atoms with Gasteiger partial charge in [0.25, 0.3) is 11.8 Å². The maximum Gasteiger partial charge on any atom is 0.414 e. The summed E-state index contributed by atoms with van der Waals surface area (Å²) in [6.45, 7) is 1.68. The van der Waals surface area contributed by atoms with Crippen molar-refractivity contribution in [1.29, 1.82) is 0 Å². The van der Waals surface area contributed by atoms with Crippen LogP contribution in [0.25, 0.3) is 0 Å². The Hall–Kier alpha value is -3.95. The summed E-state index contributed by atoms with van der Waals surface area (Å²) in [5.41, 5.74) is 0.833. The van der Waals surface area contributed by atoms with Crippen molar-refractivity contribution < 1.29 is 38.5 Å². The molecule has 2 aromatic rings. The second-order valence-corrected chi connectivity index (χ2v) is 6.41. The van der Waals surface area contributed by atoms with E-state index in [1.807, 2.05) is 6.07 Å². The van der Waals surface area contributed by atoms with E-state index < -0.39 is 17.8 Å². The number of ether oxygens (including phenoxy) is 1. The topological polar surface area (TPSA) is 124 Å². The fourth-order valence-electron chi connectivity index (χ4n) is 2.91. The summed E-state index contributed by atoms with van der Waals surface area (Å²) in [7, 11) is 1.53. The van der Waals surface area contributed by atoms with Crippen LogP contribution in [0.2, 0.25) is 0 Å². The highest BCUT2D eigenvalue weighted by Gasteiger charge is 2.26. The van der Waals surface area contributed by atoms with Gasteiger partial charge in [-0.3, -0.25) is 9.59 Å². The van der Waals surface area contributed by atoms with Gasteiger partial charge in [0, 0.05) is 31.7 Å². The van der Waals surface area contributed by atoms with Crippen LogP contribution in [0.1, 0.15) is 20.7 Å². The second kappa shape index (κ2) is 10.7. The number of nitrogens with zero attached hydrogens (tertiary/aromatic N) is 2. The van der Waals surface area contributed by atoms with Gasteiger partial charge in [0.15, 0.2) is 0 Å². The Morgan fingerprint density at radius 1 is 0.839 bits per heavy atom. The highest BCUT2D eigenvalue weighted by atomic mass is 19.1. The maximum absolute atomic E-state index is 13.3. The molecule has 164 valence electrons. The summed E-state index contributed by atoms with van der Waals surface area (Å²) >= 11 is 0. The van der Waals surface area contributed by atoms with Gasteiger partial charge in [-0.05, 0) is 30.3 Å². The molecule has 0 spiro atoms. The molecule has 1 heterocycles. The highest BCUT2D eigenvalue weighted by Crippen LogP contribution is 2.20. The lowest BCUT2D eigenvalue weighted by atomic mass is 10.1. The molecule has 2 amide bonds. The molecule has 0 saturated carbocycles. The predicted molar refractivity (Wildman–Crippen MR) is 106 cm³/mol. The molecule has 0 aliphatic carbocycles. The van der Waals surface area contributed by atoms with E-state index in [9.17, 15) is 14.0 Å². The van der Waals surface area contributed by atoms with Gasteiger partial charge in [-0.15, -0.1) is 0 Å². The van der Waals surface area contributed by atoms with Crippen molar-refractivity contribution >= 4 is 23.8 Å². The quantitative estimate of drug-likeness (QED) is 0.706. The average molecular weight is 432 g/mol. The fraction of sp³-hybridized carbons (Fsp3) is 0.238. The van der Waals surface area contributed by atoms with E-state index in [2.05, 4.69) is 0 Å². The lowest BCUT2D eigenvalue weighted by Crippen LogP contribution is -2.50. The van der Waals surface area contributed by atoms with Gasteiger partial charge in [0.1, 0.15) is 11.6 Å². The summed E-state index contributed by atoms with van der Waals surface area (Å²) < 4.78 is 18.5. The van der Waals surface area contributed by atoms with E-state index in [4.69, 9.17) is 24.5 Å². The first-order valence-corrected chi connectivity index (χ1v) is 9.18. The standard InChI is InChI=1S/C19H19FN2O3.C2H2O4/c1-25-17-8-3-2-7-16(17)19(24)22-11-9-21(10-12-22)18(23)14-5-4-6-15(20)13-14;3-1(4)2(5)6/h2-8,13H,9-12H2,1H3;(H,3,4)(H,5,6). The zero-order valence-corrected chi connectivity index (χ0v) is 16.7. The number of piperazine rings is 1. The van der Waals surface area contributed by atoms with Crippen LogP contribution in [0, 0.1) is 5.82 Å². The minimum absolute atomic E-state index is 0.115. The highest BCUT2D eigenvalue weighted by molar-refractivity contribution is 6.27. The van der Waals surface area contributed by atoms with Crippen LogP contribution in [0.5, 0.6) is 5.75 Å². The average Bonchev–Trinajstić information content (AvgIpc) is 2.78. The van der Waals surface area contributed by atoms with Crippen molar-refractivity contribution in [2.45, 2.75) is 0 Å². The van der Waals surface area contributed by atoms with Gasteiger partial charge in [-0.25, -0.2) is 14.0 Å². The van der Waals surface area contributed by atoms with Gasteiger partial charge in [0.05, 0.1) is 12.7 Å². The van der Waals surface area contributed by atoms with Gasteiger partial charge in [-0.1, -0.05) is 18.2 Å². The lowest BCUT2D eigenvalue weighted by molar-refractivity contribution is -0.159. The first-order chi connectivity index (χ1) is 14.7. The summed E-state index contributed by atoms with van der Waals surface area (Å²) in [5, 5.41) is 14.8. The Bertz CT molecular complexity index is 960. The minimum Gasteiger partial charge on any atom is -0.496 e. The number of benzene rings is 2. The number of methoxy groups -OCH3 is 1. The van der Waals surface area contributed by atoms with E-state index in [1.165, 1.54) is 25.3 Å². The largest absolute Gasteiger partial charge is 0.496 e. The summed E-state index contributed by atoms with van der Waals surface area (Å²) in [4.78, 5) is 46.6. The molecule has 10 heteroatoms. The molecule has 3 rings (SSSR count). The molecule has 1 fully saturated rings. The van der Waals surface area contributed by atoms with E-state index in [0.29, 0.717) is 43.1 Å². The SMILES string of the molecule is COc1ccccc1C(=O)N1CCN(C(=O)c2cccc(F)c2)CC1.O=C(O)C(=O)O. The fourth-order valence-corrected chi connectivity index (χ4v) is 2.91. The Labute approximate surface area is 177 Å². The Morgan fingerprint density at radius 3 is 1.90 bits per heavy atom. The maximum atomic E-state index is 13.3. The van der Waals surface area contributed by atoms with Gasteiger partial charge in [-0.2, -0.15) is 0 Å². The number of aliphatic carboxylic acids is 2. The number of carbonyl (C=O) groups excluding carboxylic acids is 2. The number of halogens is 1. The van der Waals surface area contributed by atoms with Crippen molar-refractivity contribution in [3.8, 4) is 5.75 Å². The van der Waals surface area contributed by atoms with Gasteiger partial charge >= 0.3 is 11.9 Å². The third-order valence-corrected chi connectivity index (χ3v) is 4.45. The summed E-state index contributed by atoms with van der Waals surface area (Å²) in [5.74, 6) is -3.88. The van der Waals surface area contributed by atoms with Crippen molar-refractivity contribution in [3.63, 3.8) is 0 Å². The molecule has 1 aliphatic heterocycles. The van der Waals surface area contributed by atoms with Crippen LogP contribution < -0.4 is 4.74 Å². The zero-order valence-electron chi connectivity index (χ0n) is 16.7. The molecule has 31 heavy (non-hydrogen) atoms. The molecule has 0 radical (unpaired) electrons. The molecule has 0 atom stereocenters. The Balaban J connectivity index is 0.000000501. The molecule has 2 aromatic carbocycles. The summed E-state index contributed by atoms with van der Waals surface area (Å²) in [6, 6.07) is 12.7. The van der Waals surface area contributed by atoms with Crippen LogP contribution in [-0.2, 0) is 9.59 Å². The van der Waals surface area contributed by atoms with E-state index >= 15 is 0 Å². The molecule has 2 N–H and O–H groups in total. The normalized spacial score (nSPS) is 13.0. The number of para-hydroxylation sites is 1. The first-order valence-electron chi connectivity index (χ1n) is 9.18. The Kier molecular flexibility index (Phi) is 8.07. The van der Waals surface area contributed by atoms with E-state index in [1.54, 1.807) is 34.1 Å². The molecule has 9 nitrogen and oxygen atoms in total. The Morgan fingerprint density at radius 2 is 1.39 bits per heavy atom. The zero-order chi connectivity index (χ0) is 23.0. The van der Waals surface area contributed by atoms with Crippen molar-refractivity contribution in [2.24, 2.45) is 0 Å². The molecular weight excluding hydrogens is 411 g/mol. The number of hydrogen-bond acceptors (Lipinski definition) is 5.